The second-order valence-corrected chi connectivity index (χ2v) is 7.84. The fourth-order valence-corrected chi connectivity index (χ4v) is 4.52. The highest BCUT2D eigenvalue weighted by molar-refractivity contribution is 7.91. The third-order valence-electron chi connectivity index (χ3n) is 3.16. The molecule has 5 nitrogen and oxygen atoms in total. The molecule has 0 bridgehead atoms. The fraction of sp³-hybridized carbons (Fsp3) is 0.667. The first-order chi connectivity index (χ1) is 9.12. The molecule has 2 rings (SSSR count). The van der Waals surface area contributed by atoms with E-state index in [-0.39, 0.29) is 0 Å². The van der Waals surface area contributed by atoms with E-state index in [9.17, 15) is 8.42 Å². The predicted molar refractivity (Wildman–Crippen MR) is 75.8 cm³/mol. The van der Waals surface area contributed by atoms with Gasteiger partial charge in [-0.3, -0.25) is 0 Å². The van der Waals surface area contributed by atoms with E-state index >= 15 is 0 Å². The topological polar surface area (TPSA) is 81.4 Å². The molecule has 1 aromatic heterocycles. The summed E-state index contributed by atoms with van der Waals surface area (Å²) in [5.74, 6) is 0.485. The molecule has 0 radical (unpaired) electrons. The molecule has 0 aliphatic carbocycles. The van der Waals surface area contributed by atoms with Gasteiger partial charge in [-0.15, -0.1) is 11.3 Å². The van der Waals surface area contributed by atoms with E-state index in [0.717, 1.165) is 37.4 Å². The van der Waals surface area contributed by atoms with Crippen LogP contribution in [0.5, 0.6) is 0 Å². The molecule has 108 valence electrons. The Labute approximate surface area is 118 Å². The first kappa shape index (κ1) is 14.9. The van der Waals surface area contributed by atoms with Gasteiger partial charge in [0.1, 0.15) is 4.21 Å². The molecule has 1 fully saturated rings. The van der Waals surface area contributed by atoms with Crippen LogP contribution in [0.1, 0.15) is 17.7 Å². The van der Waals surface area contributed by atoms with Gasteiger partial charge in [0.2, 0.25) is 10.0 Å². The van der Waals surface area contributed by atoms with Crippen LogP contribution in [-0.4, -0.2) is 34.7 Å². The number of sulfonamides is 1. The Morgan fingerprint density at radius 2 is 2.32 bits per heavy atom. The van der Waals surface area contributed by atoms with Gasteiger partial charge >= 0.3 is 0 Å². The number of hydrogen-bond donors (Lipinski definition) is 2. The molecule has 1 atom stereocenters. The first-order valence-corrected chi connectivity index (χ1v) is 8.78. The Kier molecular flexibility index (Phi) is 5.35. The zero-order valence-corrected chi connectivity index (χ0v) is 12.4. The molecule has 1 aromatic rings. The standard InChI is InChI=1S/C12H20N2O3S2/c13-6-3-11-1-2-12(18-11)19(15,16)14-7-4-10-5-8-17-9-10/h1-2,10,14H,3-9,13H2. The lowest BCUT2D eigenvalue weighted by Gasteiger charge is -2.08. The molecule has 0 spiro atoms. The zero-order chi connectivity index (χ0) is 13.7. The highest BCUT2D eigenvalue weighted by atomic mass is 32.2. The summed E-state index contributed by atoms with van der Waals surface area (Å²) in [5, 5.41) is 0. The van der Waals surface area contributed by atoms with Crippen molar-refractivity contribution in [3.63, 3.8) is 0 Å². The van der Waals surface area contributed by atoms with Gasteiger partial charge in [0.25, 0.3) is 0 Å². The first-order valence-electron chi connectivity index (χ1n) is 6.48. The van der Waals surface area contributed by atoms with Gasteiger partial charge in [-0.1, -0.05) is 0 Å². The summed E-state index contributed by atoms with van der Waals surface area (Å²) in [4.78, 5) is 1.01. The van der Waals surface area contributed by atoms with E-state index in [1.165, 1.54) is 11.3 Å². The van der Waals surface area contributed by atoms with Crippen LogP contribution in [-0.2, 0) is 21.2 Å². The molecule has 1 saturated heterocycles. The van der Waals surface area contributed by atoms with Crippen LogP contribution < -0.4 is 10.5 Å². The smallest absolute Gasteiger partial charge is 0.250 e. The molecule has 1 aliphatic rings. The highest BCUT2D eigenvalue weighted by Gasteiger charge is 2.19. The van der Waals surface area contributed by atoms with Crippen LogP contribution >= 0.6 is 11.3 Å². The average molecular weight is 304 g/mol. The van der Waals surface area contributed by atoms with Gasteiger partial charge in [0.05, 0.1) is 0 Å². The summed E-state index contributed by atoms with van der Waals surface area (Å²) in [6, 6.07) is 3.48. The largest absolute Gasteiger partial charge is 0.381 e. The second-order valence-electron chi connectivity index (χ2n) is 4.68. The normalized spacial score (nSPS) is 19.9. The quantitative estimate of drug-likeness (QED) is 0.786. The third-order valence-corrected chi connectivity index (χ3v) is 6.26. The molecule has 2 heterocycles. The maximum absolute atomic E-state index is 12.1. The van der Waals surface area contributed by atoms with Crippen LogP contribution in [0.2, 0.25) is 0 Å². The van der Waals surface area contributed by atoms with Gasteiger partial charge in [0, 0.05) is 24.6 Å². The molecule has 7 heteroatoms. The van der Waals surface area contributed by atoms with Crippen LogP contribution in [0.15, 0.2) is 16.3 Å². The van der Waals surface area contributed by atoms with E-state index in [1.807, 2.05) is 6.07 Å². The number of nitrogens with two attached hydrogens (primary N) is 1. The van der Waals surface area contributed by atoms with E-state index in [1.54, 1.807) is 6.07 Å². The van der Waals surface area contributed by atoms with Crippen molar-refractivity contribution in [2.24, 2.45) is 11.7 Å². The maximum Gasteiger partial charge on any atom is 0.250 e. The third kappa shape index (κ3) is 4.25. The van der Waals surface area contributed by atoms with Gasteiger partial charge in [-0.2, -0.15) is 0 Å². The lowest BCUT2D eigenvalue weighted by atomic mass is 10.1. The van der Waals surface area contributed by atoms with Crippen molar-refractivity contribution in [3.05, 3.63) is 17.0 Å². The number of hydrogen-bond acceptors (Lipinski definition) is 5. The number of nitrogens with one attached hydrogen (secondary N) is 1. The maximum atomic E-state index is 12.1. The molecule has 0 aromatic carbocycles. The van der Waals surface area contributed by atoms with E-state index in [0.29, 0.717) is 23.2 Å². The summed E-state index contributed by atoms with van der Waals surface area (Å²) < 4.78 is 32.4. The second kappa shape index (κ2) is 6.81. The molecule has 0 saturated carbocycles. The lowest BCUT2D eigenvalue weighted by Crippen LogP contribution is -2.25. The Bertz CT molecular complexity index is 493. The van der Waals surface area contributed by atoms with Gasteiger partial charge in [0.15, 0.2) is 0 Å². The minimum Gasteiger partial charge on any atom is -0.381 e. The molecule has 19 heavy (non-hydrogen) atoms. The molecule has 1 unspecified atom stereocenters. The molecular formula is C12H20N2O3S2. The van der Waals surface area contributed by atoms with Crippen LogP contribution in [0.4, 0.5) is 0 Å². The number of rotatable bonds is 7. The van der Waals surface area contributed by atoms with Crippen LogP contribution in [0.25, 0.3) is 0 Å². The minimum absolute atomic E-state index is 0.374. The van der Waals surface area contributed by atoms with Gasteiger partial charge in [-0.05, 0) is 43.9 Å². The molecular weight excluding hydrogens is 284 g/mol. The SMILES string of the molecule is NCCc1ccc(S(=O)(=O)NCCC2CCOC2)s1. The Balaban J connectivity index is 1.85. The Hall–Kier alpha value is -0.470. The summed E-state index contributed by atoms with van der Waals surface area (Å²) in [6.45, 7) is 2.56. The van der Waals surface area contributed by atoms with E-state index in [2.05, 4.69) is 4.72 Å². The minimum atomic E-state index is -3.36. The van der Waals surface area contributed by atoms with Crippen molar-refractivity contribution in [1.29, 1.82) is 0 Å². The highest BCUT2D eigenvalue weighted by Crippen LogP contribution is 2.22. The summed E-state index contributed by atoms with van der Waals surface area (Å²) in [5.41, 5.74) is 5.46. The van der Waals surface area contributed by atoms with Crippen molar-refractivity contribution < 1.29 is 13.2 Å². The molecule has 0 amide bonds. The van der Waals surface area contributed by atoms with Gasteiger partial charge in [-0.25, -0.2) is 13.1 Å². The zero-order valence-electron chi connectivity index (χ0n) is 10.8. The monoisotopic (exact) mass is 304 g/mol. The van der Waals surface area contributed by atoms with Crippen molar-refractivity contribution in [2.45, 2.75) is 23.5 Å². The van der Waals surface area contributed by atoms with E-state index in [4.69, 9.17) is 10.5 Å². The van der Waals surface area contributed by atoms with E-state index < -0.39 is 10.0 Å². The van der Waals surface area contributed by atoms with Crippen molar-refractivity contribution in [2.75, 3.05) is 26.3 Å². The van der Waals surface area contributed by atoms with Crippen LogP contribution in [0, 0.1) is 5.92 Å². The Morgan fingerprint density at radius 1 is 1.47 bits per heavy atom. The Morgan fingerprint density at radius 3 is 3.00 bits per heavy atom. The van der Waals surface area contributed by atoms with Crippen LogP contribution in [0.3, 0.4) is 0 Å². The van der Waals surface area contributed by atoms with Gasteiger partial charge < -0.3 is 10.5 Å². The fourth-order valence-electron chi connectivity index (χ4n) is 2.06. The van der Waals surface area contributed by atoms with Crippen molar-refractivity contribution >= 4 is 21.4 Å². The summed E-state index contributed by atoms with van der Waals surface area (Å²) in [7, 11) is -3.36. The van der Waals surface area contributed by atoms with Crippen molar-refractivity contribution in [1.82, 2.24) is 4.72 Å². The molecule has 1 aliphatic heterocycles. The predicted octanol–water partition coefficient (Wildman–Crippen LogP) is 0.954. The number of ether oxygens (including phenoxy) is 1. The lowest BCUT2D eigenvalue weighted by molar-refractivity contribution is 0.184. The van der Waals surface area contributed by atoms with Crippen molar-refractivity contribution in [3.8, 4) is 0 Å². The average Bonchev–Trinajstić information content (AvgIpc) is 3.00. The molecule has 3 N–H and O–H groups in total. The number of thiophene rings is 1. The summed E-state index contributed by atoms with van der Waals surface area (Å²) >= 11 is 1.29. The summed E-state index contributed by atoms with van der Waals surface area (Å²) in [6.07, 6.45) is 2.58.